The van der Waals surface area contributed by atoms with Crippen molar-refractivity contribution >= 4 is 11.6 Å². The zero-order valence-electron chi connectivity index (χ0n) is 12.6. The van der Waals surface area contributed by atoms with Gasteiger partial charge in [-0.15, -0.1) is 0 Å². The van der Waals surface area contributed by atoms with E-state index in [9.17, 15) is 18.0 Å². The molecule has 23 heavy (non-hydrogen) atoms. The van der Waals surface area contributed by atoms with Crippen molar-refractivity contribution in [1.29, 1.82) is 0 Å². The van der Waals surface area contributed by atoms with Crippen LogP contribution in [0, 0.1) is 17.5 Å². The number of carbonyl (C=O) groups is 1. The fourth-order valence-corrected chi connectivity index (χ4v) is 2.08. The lowest BCUT2D eigenvalue weighted by Gasteiger charge is -2.21. The van der Waals surface area contributed by atoms with Crippen LogP contribution < -0.4 is 9.64 Å². The summed E-state index contributed by atoms with van der Waals surface area (Å²) in [6.07, 6.45) is 0.0597. The Morgan fingerprint density at radius 2 is 1.74 bits per heavy atom. The van der Waals surface area contributed by atoms with Crippen LogP contribution in [0.2, 0.25) is 0 Å². The molecule has 0 saturated heterocycles. The van der Waals surface area contributed by atoms with Gasteiger partial charge in [-0.2, -0.15) is 0 Å². The van der Waals surface area contributed by atoms with Gasteiger partial charge in [0.25, 0.3) is 0 Å². The molecule has 0 aliphatic rings. The van der Waals surface area contributed by atoms with Crippen LogP contribution in [0.15, 0.2) is 42.5 Å². The molecular formula is C17H16F3NO2. The summed E-state index contributed by atoms with van der Waals surface area (Å²) in [6, 6.07) is 8.76. The van der Waals surface area contributed by atoms with Gasteiger partial charge in [-0.05, 0) is 43.3 Å². The minimum Gasteiger partial charge on any atom is -0.493 e. The lowest BCUT2D eigenvalue weighted by atomic mass is 10.2. The highest BCUT2D eigenvalue weighted by atomic mass is 19.2. The van der Waals surface area contributed by atoms with Crippen LogP contribution >= 0.6 is 0 Å². The third kappa shape index (κ3) is 4.48. The van der Waals surface area contributed by atoms with E-state index in [0.29, 0.717) is 12.3 Å². The Bertz CT molecular complexity index is 674. The summed E-state index contributed by atoms with van der Waals surface area (Å²) >= 11 is 0. The average Bonchev–Trinajstić information content (AvgIpc) is 2.53. The van der Waals surface area contributed by atoms with E-state index in [1.54, 1.807) is 6.92 Å². The molecule has 0 aliphatic heterocycles. The van der Waals surface area contributed by atoms with E-state index in [2.05, 4.69) is 0 Å². The van der Waals surface area contributed by atoms with Gasteiger partial charge in [0.15, 0.2) is 11.6 Å². The zero-order chi connectivity index (χ0) is 16.8. The first-order chi connectivity index (χ1) is 11.0. The fourth-order valence-electron chi connectivity index (χ4n) is 2.08. The first kappa shape index (κ1) is 16.9. The lowest BCUT2D eigenvalue weighted by molar-refractivity contribution is -0.119. The van der Waals surface area contributed by atoms with Gasteiger partial charge >= 0.3 is 0 Å². The number of benzene rings is 2. The van der Waals surface area contributed by atoms with Crippen molar-refractivity contribution < 1.29 is 22.7 Å². The molecule has 0 heterocycles. The van der Waals surface area contributed by atoms with Crippen LogP contribution in [0.25, 0.3) is 0 Å². The van der Waals surface area contributed by atoms with E-state index >= 15 is 0 Å². The summed E-state index contributed by atoms with van der Waals surface area (Å²) in [5.74, 6) is -2.16. The highest BCUT2D eigenvalue weighted by Gasteiger charge is 2.15. The van der Waals surface area contributed by atoms with Crippen LogP contribution in [-0.2, 0) is 4.79 Å². The molecule has 0 saturated carbocycles. The van der Waals surface area contributed by atoms with Crippen molar-refractivity contribution in [2.75, 3.05) is 18.1 Å². The number of hydrogen-bond acceptors (Lipinski definition) is 2. The number of amides is 1. The Hall–Kier alpha value is -2.50. The third-order valence-corrected chi connectivity index (χ3v) is 3.23. The molecule has 6 heteroatoms. The van der Waals surface area contributed by atoms with Gasteiger partial charge in [-0.25, -0.2) is 13.2 Å². The Balaban J connectivity index is 1.94. The molecule has 2 rings (SSSR count). The SMILES string of the molecule is CCN(C(=O)CCOc1ccc(F)cc1)c1ccc(F)c(F)c1. The predicted octanol–water partition coefficient (Wildman–Crippen LogP) is 3.93. The monoisotopic (exact) mass is 323 g/mol. The predicted molar refractivity (Wildman–Crippen MR) is 80.9 cm³/mol. The molecule has 0 aromatic heterocycles. The standard InChI is InChI=1S/C17H16F3NO2/c1-2-21(13-5-8-15(19)16(20)11-13)17(22)9-10-23-14-6-3-12(18)4-7-14/h3-8,11H,2,9-10H2,1H3. The third-order valence-electron chi connectivity index (χ3n) is 3.23. The quantitative estimate of drug-likeness (QED) is 0.806. The molecule has 0 unspecified atom stereocenters. The Kier molecular flexibility index (Phi) is 5.62. The number of ether oxygens (including phenoxy) is 1. The summed E-state index contributed by atoms with van der Waals surface area (Å²) in [6.45, 7) is 2.16. The van der Waals surface area contributed by atoms with Crippen molar-refractivity contribution in [3.05, 3.63) is 59.9 Å². The molecular weight excluding hydrogens is 307 g/mol. The van der Waals surface area contributed by atoms with Gasteiger partial charge in [-0.3, -0.25) is 4.79 Å². The highest BCUT2D eigenvalue weighted by molar-refractivity contribution is 5.93. The van der Waals surface area contributed by atoms with E-state index < -0.39 is 11.6 Å². The second-order valence-corrected chi connectivity index (χ2v) is 4.79. The maximum absolute atomic E-state index is 13.3. The second-order valence-electron chi connectivity index (χ2n) is 4.79. The Morgan fingerprint density at radius 1 is 1.04 bits per heavy atom. The normalized spacial score (nSPS) is 10.4. The molecule has 0 radical (unpaired) electrons. The van der Waals surface area contributed by atoms with Crippen LogP contribution in [0.3, 0.4) is 0 Å². The van der Waals surface area contributed by atoms with Crippen LogP contribution in [0.4, 0.5) is 18.9 Å². The first-order valence-electron chi connectivity index (χ1n) is 7.15. The highest BCUT2D eigenvalue weighted by Crippen LogP contribution is 2.19. The van der Waals surface area contributed by atoms with Crippen molar-refractivity contribution in [1.82, 2.24) is 0 Å². The minimum atomic E-state index is -1.00. The zero-order valence-corrected chi connectivity index (χ0v) is 12.6. The van der Waals surface area contributed by atoms with Gasteiger partial charge in [0, 0.05) is 18.3 Å². The largest absolute Gasteiger partial charge is 0.493 e. The summed E-state index contributed by atoms with van der Waals surface area (Å²) in [5.41, 5.74) is 0.290. The smallest absolute Gasteiger partial charge is 0.230 e. The molecule has 1 amide bonds. The topological polar surface area (TPSA) is 29.5 Å². The molecule has 0 fully saturated rings. The molecule has 2 aromatic carbocycles. The molecule has 0 spiro atoms. The van der Waals surface area contributed by atoms with Crippen molar-refractivity contribution in [2.24, 2.45) is 0 Å². The molecule has 0 aliphatic carbocycles. The van der Waals surface area contributed by atoms with Crippen LogP contribution in [-0.4, -0.2) is 19.1 Å². The van der Waals surface area contributed by atoms with Crippen molar-refractivity contribution in [3.63, 3.8) is 0 Å². The minimum absolute atomic E-state index is 0.0597. The molecule has 0 atom stereocenters. The van der Waals surface area contributed by atoms with Crippen LogP contribution in [0.1, 0.15) is 13.3 Å². The summed E-state index contributed by atoms with van der Waals surface area (Å²) in [5, 5.41) is 0. The van der Waals surface area contributed by atoms with Gasteiger partial charge in [0.05, 0.1) is 13.0 Å². The van der Waals surface area contributed by atoms with Crippen molar-refractivity contribution in [3.8, 4) is 5.75 Å². The van der Waals surface area contributed by atoms with E-state index in [1.165, 1.54) is 35.2 Å². The average molecular weight is 323 g/mol. The number of hydrogen-bond donors (Lipinski definition) is 0. The number of anilines is 1. The Labute approximate surface area is 132 Å². The molecule has 122 valence electrons. The van der Waals surface area contributed by atoms with E-state index in [-0.39, 0.29) is 30.4 Å². The fraction of sp³-hybridized carbons (Fsp3) is 0.235. The number of carbonyl (C=O) groups excluding carboxylic acids is 1. The lowest BCUT2D eigenvalue weighted by Crippen LogP contribution is -2.31. The summed E-state index contributed by atoms with van der Waals surface area (Å²) in [4.78, 5) is 13.5. The number of rotatable bonds is 6. The van der Waals surface area contributed by atoms with Gasteiger partial charge in [0.2, 0.25) is 5.91 Å². The van der Waals surface area contributed by atoms with Crippen molar-refractivity contribution in [2.45, 2.75) is 13.3 Å². The summed E-state index contributed by atoms with van der Waals surface area (Å²) in [7, 11) is 0. The molecule has 0 bridgehead atoms. The van der Waals surface area contributed by atoms with Gasteiger partial charge < -0.3 is 9.64 Å². The van der Waals surface area contributed by atoms with E-state index in [0.717, 1.165) is 12.1 Å². The van der Waals surface area contributed by atoms with E-state index in [4.69, 9.17) is 4.74 Å². The Morgan fingerprint density at radius 3 is 2.35 bits per heavy atom. The van der Waals surface area contributed by atoms with Gasteiger partial charge in [-0.1, -0.05) is 0 Å². The maximum Gasteiger partial charge on any atom is 0.230 e. The molecule has 0 N–H and O–H groups in total. The molecule has 3 nitrogen and oxygen atoms in total. The molecule has 2 aromatic rings. The number of nitrogens with zero attached hydrogens (tertiary/aromatic N) is 1. The van der Waals surface area contributed by atoms with E-state index in [1.807, 2.05) is 0 Å². The van der Waals surface area contributed by atoms with Gasteiger partial charge in [0.1, 0.15) is 11.6 Å². The first-order valence-corrected chi connectivity index (χ1v) is 7.15. The summed E-state index contributed by atoms with van der Waals surface area (Å²) < 4.78 is 44.4. The van der Waals surface area contributed by atoms with Crippen LogP contribution in [0.5, 0.6) is 5.75 Å². The second kappa shape index (κ2) is 7.67. The number of halogens is 3. The maximum atomic E-state index is 13.3.